The Balaban J connectivity index is 1.62. The maximum atomic E-state index is 6.45. The van der Waals surface area contributed by atoms with Crippen LogP contribution in [0.15, 0.2) is 12.2 Å². The first-order chi connectivity index (χ1) is 8.79. The third kappa shape index (κ3) is 2.24. The zero-order valence-electron chi connectivity index (χ0n) is 13.1. The van der Waals surface area contributed by atoms with E-state index in [1.165, 1.54) is 13.0 Å². The minimum absolute atomic E-state index is 0.319. The average molecular weight is 280 g/mol. The Morgan fingerprint density at radius 3 is 2.58 bits per heavy atom. The minimum Gasteiger partial charge on any atom is -0.415 e. The fourth-order valence-electron chi connectivity index (χ4n) is 3.96. The van der Waals surface area contributed by atoms with Gasteiger partial charge in [-0.25, -0.2) is 0 Å². The number of fused-ring (bicyclic) bond motifs is 5. The third-order valence-corrected chi connectivity index (χ3v) is 10.7. The highest BCUT2D eigenvalue weighted by molar-refractivity contribution is 6.74. The van der Waals surface area contributed by atoms with Gasteiger partial charge in [-0.3, -0.25) is 0 Å². The molecule has 2 fully saturated rings. The van der Waals surface area contributed by atoms with Crippen LogP contribution in [-0.2, 0) is 4.43 Å². The van der Waals surface area contributed by atoms with E-state index in [1.807, 2.05) is 0 Å². The van der Waals surface area contributed by atoms with E-state index >= 15 is 0 Å². The normalized spacial score (nSPS) is 41.0. The first-order valence-electron chi connectivity index (χ1n) is 7.85. The van der Waals surface area contributed by atoms with E-state index in [2.05, 4.69) is 51.3 Å². The molecule has 3 aliphatic rings. The summed E-state index contributed by atoms with van der Waals surface area (Å²) in [5.74, 6) is 3.43. The van der Waals surface area contributed by atoms with Crippen molar-refractivity contribution in [2.75, 3.05) is 13.2 Å². The van der Waals surface area contributed by atoms with Gasteiger partial charge < -0.3 is 9.74 Å². The van der Waals surface area contributed by atoms with Gasteiger partial charge in [0.05, 0.1) is 0 Å². The summed E-state index contributed by atoms with van der Waals surface area (Å²) in [6, 6.07) is 0.596. The van der Waals surface area contributed by atoms with Crippen LogP contribution in [0.5, 0.6) is 0 Å². The van der Waals surface area contributed by atoms with Crippen molar-refractivity contribution in [3.63, 3.8) is 0 Å². The second-order valence-electron chi connectivity index (χ2n) is 8.28. The van der Waals surface area contributed by atoms with Gasteiger partial charge in [0.15, 0.2) is 8.32 Å². The zero-order chi connectivity index (χ0) is 13.8. The van der Waals surface area contributed by atoms with E-state index in [4.69, 9.17) is 4.43 Å². The van der Waals surface area contributed by atoms with Crippen molar-refractivity contribution >= 4 is 8.32 Å². The van der Waals surface area contributed by atoms with Crippen LogP contribution < -0.4 is 5.32 Å². The Kier molecular flexibility index (Phi) is 3.23. The minimum atomic E-state index is -1.60. The number of hydrogen-bond donors (Lipinski definition) is 1. The molecule has 3 rings (SSSR count). The number of rotatable bonds is 3. The van der Waals surface area contributed by atoms with Crippen molar-refractivity contribution in [1.29, 1.82) is 0 Å². The lowest BCUT2D eigenvalue weighted by Gasteiger charge is -2.38. The molecule has 2 bridgehead atoms. The summed E-state index contributed by atoms with van der Waals surface area (Å²) < 4.78 is 6.45. The van der Waals surface area contributed by atoms with Gasteiger partial charge in [0.25, 0.3) is 0 Å². The van der Waals surface area contributed by atoms with Crippen molar-refractivity contribution in [3.05, 3.63) is 12.2 Å². The van der Waals surface area contributed by atoms with Crippen molar-refractivity contribution < 1.29 is 4.43 Å². The molecule has 0 amide bonds. The monoisotopic (exact) mass is 279 g/mol. The molecule has 108 valence electrons. The van der Waals surface area contributed by atoms with Crippen LogP contribution in [0.25, 0.3) is 0 Å². The lowest BCUT2D eigenvalue weighted by Crippen LogP contribution is -2.45. The van der Waals surface area contributed by atoms with E-state index in [0.29, 0.717) is 11.1 Å². The predicted octanol–water partition coefficient (Wildman–Crippen LogP) is 3.42. The van der Waals surface area contributed by atoms with E-state index in [1.54, 1.807) is 0 Å². The van der Waals surface area contributed by atoms with Gasteiger partial charge in [0, 0.05) is 12.6 Å². The quantitative estimate of drug-likeness (QED) is 0.631. The summed E-state index contributed by atoms with van der Waals surface area (Å²) in [6.07, 6.45) is 6.34. The standard InChI is InChI=1S/C16H29NOSi/c1-16(2,3)19(4,5)18-10-14-15-12-7-6-11(8-12)13(15)9-17-14/h6-7,11-15,17H,8-10H2,1-5H3/t11-,12+,13-,14-,15+/m1/s1. The third-order valence-electron chi connectivity index (χ3n) is 6.20. The smallest absolute Gasteiger partial charge is 0.192 e. The Morgan fingerprint density at radius 2 is 1.89 bits per heavy atom. The molecule has 1 heterocycles. The maximum absolute atomic E-state index is 6.45. The van der Waals surface area contributed by atoms with Crippen molar-refractivity contribution in [1.82, 2.24) is 5.32 Å². The predicted molar refractivity (Wildman–Crippen MR) is 82.7 cm³/mol. The molecule has 2 nitrogen and oxygen atoms in total. The summed E-state index contributed by atoms with van der Waals surface area (Å²) in [4.78, 5) is 0. The van der Waals surface area contributed by atoms with Crippen LogP contribution in [-0.4, -0.2) is 27.5 Å². The fraction of sp³-hybridized carbons (Fsp3) is 0.875. The van der Waals surface area contributed by atoms with Crippen LogP contribution in [0.1, 0.15) is 27.2 Å². The van der Waals surface area contributed by atoms with Crippen molar-refractivity contribution in [3.8, 4) is 0 Å². The molecule has 0 spiro atoms. The maximum Gasteiger partial charge on any atom is 0.192 e. The first kappa shape index (κ1) is 13.8. The van der Waals surface area contributed by atoms with E-state index in [-0.39, 0.29) is 0 Å². The highest BCUT2D eigenvalue weighted by Crippen LogP contribution is 2.51. The molecular formula is C16H29NOSi. The molecule has 0 aromatic carbocycles. The number of hydrogen-bond acceptors (Lipinski definition) is 2. The summed E-state index contributed by atoms with van der Waals surface area (Å²) in [7, 11) is -1.60. The molecule has 1 saturated carbocycles. The highest BCUT2D eigenvalue weighted by atomic mass is 28.4. The fourth-order valence-corrected chi connectivity index (χ4v) is 4.98. The van der Waals surface area contributed by atoms with E-state index in [9.17, 15) is 0 Å². The Bertz CT molecular complexity index is 385. The molecule has 5 atom stereocenters. The van der Waals surface area contributed by atoms with Crippen LogP contribution in [0.3, 0.4) is 0 Å². The van der Waals surface area contributed by atoms with Gasteiger partial charge >= 0.3 is 0 Å². The second kappa shape index (κ2) is 4.44. The summed E-state index contributed by atoms with van der Waals surface area (Å²) >= 11 is 0. The van der Waals surface area contributed by atoms with E-state index < -0.39 is 8.32 Å². The van der Waals surface area contributed by atoms with Crippen LogP contribution in [0.4, 0.5) is 0 Å². The van der Waals surface area contributed by atoms with Gasteiger partial charge in [-0.2, -0.15) is 0 Å². The number of allylic oxidation sites excluding steroid dienone is 2. The molecule has 0 aromatic rings. The van der Waals surface area contributed by atoms with Crippen molar-refractivity contribution in [2.45, 2.75) is 51.4 Å². The molecule has 0 aromatic heterocycles. The van der Waals surface area contributed by atoms with E-state index in [0.717, 1.165) is 30.3 Å². The van der Waals surface area contributed by atoms with Crippen LogP contribution >= 0.6 is 0 Å². The number of nitrogens with one attached hydrogen (secondary N) is 1. The Morgan fingerprint density at radius 1 is 1.21 bits per heavy atom. The van der Waals surface area contributed by atoms with Gasteiger partial charge in [-0.1, -0.05) is 32.9 Å². The lowest BCUT2D eigenvalue weighted by molar-refractivity contribution is 0.208. The Hall–Kier alpha value is -0.123. The highest BCUT2D eigenvalue weighted by Gasteiger charge is 2.51. The topological polar surface area (TPSA) is 21.3 Å². The second-order valence-corrected chi connectivity index (χ2v) is 13.1. The molecule has 1 saturated heterocycles. The van der Waals surface area contributed by atoms with Crippen LogP contribution in [0.2, 0.25) is 18.1 Å². The summed E-state index contributed by atoms with van der Waals surface area (Å²) in [5, 5.41) is 4.06. The van der Waals surface area contributed by atoms with Crippen LogP contribution in [0, 0.1) is 23.7 Å². The van der Waals surface area contributed by atoms with Crippen molar-refractivity contribution in [2.24, 2.45) is 23.7 Å². The molecule has 3 heteroatoms. The SMILES string of the molecule is CC(C)(C)[Si](C)(C)OC[C@H]1NC[C@H]2[C@@H]1[C@H]1C=C[C@@H]2C1. The first-order valence-corrected chi connectivity index (χ1v) is 10.8. The molecule has 0 unspecified atom stereocenters. The van der Waals surface area contributed by atoms with Gasteiger partial charge in [-0.15, -0.1) is 0 Å². The molecule has 2 aliphatic carbocycles. The average Bonchev–Trinajstić information content (AvgIpc) is 2.98. The summed E-state index contributed by atoms with van der Waals surface area (Å²) in [5.41, 5.74) is 0. The molecule has 1 aliphatic heterocycles. The Labute approximate surface area is 119 Å². The van der Waals surface area contributed by atoms with Gasteiger partial charge in [0.1, 0.15) is 0 Å². The molecule has 19 heavy (non-hydrogen) atoms. The van der Waals surface area contributed by atoms with Gasteiger partial charge in [-0.05, 0) is 54.8 Å². The zero-order valence-corrected chi connectivity index (χ0v) is 14.1. The lowest BCUT2D eigenvalue weighted by atomic mass is 9.82. The van der Waals surface area contributed by atoms with Gasteiger partial charge in [0.2, 0.25) is 0 Å². The molecule has 0 radical (unpaired) electrons. The largest absolute Gasteiger partial charge is 0.415 e. The molecular weight excluding hydrogens is 250 g/mol. The summed E-state index contributed by atoms with van der Waals surface area (Å²) in [6.45, 7) is 13.8. The molecule has 1 N–H and O–H groups in total.